The fourth-order valence-corrected chi connectivity index (χ4v) is 1.29. The molecule has 0 bridgehead atoms. The number of nitrogens with zero attached hydrogens (tertiary/aromatic N) is 2. The maximum atomic E-state index is 12.1. The Balaban J connectivity index is 0.00000172. The van der Waals surface area contributed by atoms with Crippen molar-refractivity contribution in [2.24, 2.45) is 10.9 Å². The molecule has 7 nitrogen and oxygen atoms in total. The summed E-state index contributed by atoms with van der Waals surface area (Å²) in [6.45, 7) is 9.13. The molecule has 7 heteroatoms. The lowest BCUT2D eigenvalue weighted by atomic mass is 10.1. The summed E-state index contributed by atoms with van der Waals surface area (Å²) >= 11 is 0. The van der Waals surface area contributed by atoms with Crippen molar-refractivity contribution in [1.29, 1.82) is 0 Å². The molecule has 0 spiro atoms. The molecule has 0 unspecified atom stereocenters. The highest BCUT2D eigenvalue weighted by Crippen LogP contribution is 2.19. The number of benzene rings is 1. The summed E-state index contributed by atoms with van der Waals surface area (Å²) < 4.78 is 0. The first-order chi connectivity index (χ1) is 9.63. The summed E-state index contributed by atoms with van der Waals surface area (Å²) in [6, 6.07) is 6.55. The maximum absolute atomic E-state index is 12.1. The molecule has 0 saturated carbocycles. The number of aliphatic imine (C=N–C) groups is 1. The van der Waals surface area contributed by atoms with Crippen LogP contribution in [0.2, 0.25) is 0 Å². The zero-order chi connectivity index (χ0) is 15.5. The molecule has 1 aromatic carbocycles. The van der Waals surface area contributed by atoms with Gasteiger partial charge in [0, 0.05) is 0 Å². The molecule has 1 rings (SSSR count). The minimum Gasteiger partial charge on any atom is -0.340 e. The normalized spacial score (nSPS) is 8.80. The van der Waals surface area contributed by atoms with Crippen molar-refractivity contribution in [3.63, 3.8) is 0 Å². The molecule has 20 heavy (non-hydrogen) atoms. The van der Waals surface area contributed by atoms with Crippen molar-refractivity contribution < 1.29 is 19.3 Å². The number of carbonyl (C=O) groups is 2. The minimum atomic E-state index is -1.17. The molecule has 0 heterocycles. The third-order valence-electron chi connectivity index (χ3n) is 2.10. The van der Waals surface area contributed by atoms with Crippen LogP contribution in [0.5, 0.6) is 0 Å². The lowest BCUT2D eigenvalue weighted by molar-refractivity contribution is -0.0965. The monoisotopic (exact) mass is 281 g/mol. The van der Waals surface area contributed by atoms with Crippen molar-refractivity contribution >= 4 is 24.5 Å². The second-order valence-electron chi connectivity index (χ2n) is 3.13. The summed E-state index contributed by atoms with van der Waals surface area (Å²) in [5.74, 6) is 4.09. The first-order valence-electron chi connectivity index (χ1n) is 6.10. The Labute approximate surface area is 117 Å². The highest BCUT2D eigenvalue weighted by atomic mass is 16.9. The predicted molar refractivity (Wildman–Crippen MR) is 75.5 cm³/mol. The van der Waals surface area contributed by atoms with Gasteiger partial charge >= 0.3 is 6.16 Å². The molecule has 1 amide bonds. The van der Waals surface area contributed by atoms with Crippen molar-refractivity contribution in [2.45, 2.75) is 20.8 Å². The average molecular weight is 281 g/mol. The molecular formula is C13H19N3O4. The van der Waals surface area contributed by atoms with Crippen molar-refractivity contribution in [1.82, 2.24) is 5.06 Å². The van der Waals surface area contributed by atoms with Gasteiger partial charge in [0.1, 0.15) is 0 Å². The molecule has 110 valence electrons. The molecule has 0 fully saturated rings. The van der Waals surface area contributed by atoms with E-state index in [1.807, 2.05) is 13.8 Å². The molecule has 0 radical (unpaired) electrons. The van der Waals surface area contributed by atoms with E-state index in [0.717, 1.165) is 5.06 Å². The third-order valence-corrected chi connectivity index (χ3v) is 2.10. The summed E-state index contributed by atoms with van der Waals surface area (Å²) in [5, 5.41) is 0.819. The summed E-state index contributed by atoms with van der Waals surface area (Å²) in [6.07, 6.45) is -1.17. The Hall–Kier alpha value is -2.41. The van der Waals surface area contributed by atoms with Crippen LogP contribution < -0.4 is 5.90 Å². The standard InChI is InChI=1S/C11H13N3O4.C2H6/c1-3-14(18-11(16)17-12)10(15)8-6-4-5-7-9(8)13-2;1-2/h4-7H,2-3,12H2,1H3;1-2H3. The van der Waals surface area contributed by atoms with Crippen molar-refractivity contribution in [3.05, 3.63) is 29.8 Å². The van der Waals surface area contributed by atoms with Gasteiger partial charge in [-0.2, -0.15) is 15.8 Å². The quantitative estimate of drug-likeness (QED) is 0.678. The summed E-state index contributed by atoms with van der Waals surface area (Å²) in [7, 11) is 0. The van der Waals surface area contributed by atoms with Crippen LogP contribution in [-0.4, -0.2) is 30.4 Å². The molecule has 0 aliphatic carbocycles. The Bertz CT molecular complexity index is 463. The number of hydrogen-bond donors (Lipinski definition) is 1. The van der Waals surface area contributed by atoms with Crippen LogP contribution in [-0.2, 0) is 9.68 Å². The first-order valence-corrected chi connectivity index (χ1v) is 6.10. The number of carbonyl (C=O) groups excluding carboxylic acids is 2. The van der Waals surface area contributed by atoms with E-state index in [-0.39, 0.29) is 12.1 Å². The topological polar surface area (TPSA) is 94.2 Å². The molecular weight excluding hydrogens is 262 g/mol. The van der Waals surface area contributed by atoms with Gasteiger partial charge in [-0.25, -0.2) is 0 Å². The Morgan fingerprint density at radius 3 is 2.45 bits per heavy atom. The van der Waals surface area contributed by atoms with Gasteiger partial charge in [-0.15, -0.1) is 0 Å². The van der Waals surface area contributed by atoms with Gasteiger partial charge in [-0.1, -0.05) is 26.0 Å². The second kappa shape index (κ2) is 9.51. The smallest absolute Gasteiger partial charge is 0.340 e. The van der Waals surface area contributed by atoms with Crippen LogP contribution in [0.15, 0.2) is 29.3 Å². The fourth-order valence-electron chi connectivity index (χ4n) is 1.29. The molecule has 2 N–H and O–H groups in total. The Morgan fingerprint density at radius 1 is 1.35 bits per heavy atom. The van der Waals surface area contributed by atoms with Gasteiger partial charge in [0.2, 0.25) is 0 Å². The number of nitrogens with two attached hydrogens (primary N) is 1. The largest absolute Gasteiger partial charge is 0.553 e. The van der Waals surface area contributed by atoms with Crippen LogP contribution >= 0.6 is 0 Å². The third kappa shape index (κ3) is 4.69. The van der Waals surface area contributed by atoms with Crippen molar-refractivity contribution in [2.75, 3.05) is 6.54 Å². The average Bonchev–Trinajstić information content (AvgIpc) is 2.53. The van der Waals surface area contributed by atoms with Crippen LogP contribution in [0.4, 0.5) is 10.5 Å². The number of rotatable bonds is 3. The lowest BCUT2D eigenvalue weighted by Crippen LogP contribution is -2.34. The molecule has 0 atom stereocenters. The summed E-state index contributed by atoms with van der Waals surface area (Å²) in [5.41, 5.74) is 0.657. The zero-order valence-electron chi connectivity index (χ0n) is 11.8. The minimum absolute atomic E-state index is 0.138. The van der Waals surface area contributed by atoms with E-state index < -0.39 is 12.1 Å². The molecule has 0 aliphatic heterocycles. The number of para-hydroxylation sites is 1. The lowest BCUT2D eigenvalue weighted by Gasteiger charge is -2.18. The number of hydroxylamine groups is 2. The van der Waals surface area contributed by atoms with Gasteiger partial charge in [0.15, 0.2) is 0 Å². The molecule has 0 aliphatic rings. The van der Waals surface area contributed by atoms with Crippen LogP contribution in [0, 0.1) is 0 Å². The fraction of sp³-hybridized carbons (Fsp3) is 0.308. The van der Waals surface area contributed by atoms with Gasteiger partial charge in [-0.05, 0) is 25.8 Å². The SMILES string of the molecule is C=Nc1ccccc1C(=O)N(CC)OC(=O)ON.CC. The molecule has 1 aromatic rings. The molecule has 0 aromatic heterocycles. The van der Waals surface area contributed by atoms with Crippen LogP contribution in [0.1, 0.15) is 31.1 Å². The van der Waals surface area contributed by atoms with Gasteiger partial charge in [0.25, 0.3) is 5.91 Å². The van der Waals surface area contributed by atoms with Gasteiger partial charge in [-0.3, -0.25) is 9.79 Å². The highest BCUT2D eigenvalue weighted by molar-refractivity contribution is 5.99. The molecule has 0 saturated heterocycles. The maximum Gasteiger partial charge on any atom is 0.553 e. The Morgan fingerprint density at radius 2 is 1.95 bits per heavy atom. The van der Waals surface area contributed by atoms with E-state index in [0.29, 0.717) is 5.69 Å². The zero-order valence-corrected chi connectivity index (χ0v) is 11.8. The van der Waals surface area contributed by atoms with E-state index in [4.69, 9.17) is 0 Å². The highest BCUT2D eigenvalue weighted by Gasteiger charge is 2.21. The Kier molecular flexibility index (Phi) is 8.36. The van der Waals surface area contributed by atoms with Gasteiger partial charge in [0.05, 0.1) is 17.8 Å². The predicted octanol–water partition coefficient (Wildman–Crippen LogP) is 2.45. The van der Waals surface area contributed by atoms with Gasteiger partial charge < -0.3 is 9.68 Å². The van der Waals surface area contributed by atoms with E-state index in [2.05, 4.69) is 27.3 Å². The van der Waals surface area contributed by atoms with Crippen molar-refractivity contribution in [3.8, 4) is 0 Å². The van der Waals surface area contributed by atoms with E-state index in [9.17, 15) is 9.59 Å². The number of hydrogen-bond acceptors (Lipinski definition) is 6. The van der Waals surface area contributed by atoms with Crippen LogP contribution in [0.3, 0.4) is 0 Å². The summed E-state index contributed by atoms with van der Waals surface area (Å²) in [4.78, 5) is 35.1. The number of amides is 1. The second-order valence-corrected chi connectivity index (χ2v) is 3.13. The van der Waals surface area contributed by atoms with E-state index in [1.54, 1.807) is 31.2 Å². The van der Waals surface area contributed by atoms with Crippen LogP contribution in [0.25, 0.3) is 0 Å². The van der Waals surface area contributed by atoms with E-state index >= 15 is 0 Å². The first kappa shape index (κ1) is 17.6. The van der Waals surface area contributed by atoms with E-state index in [1.165, 1.54) is 0 Å².